The number of nitrogens with one attached hydrogen (secondary N) is 1. The molecule has 2 aromatic carbocycles. The van der Waals surface area contributed by atoms with Crippen LogP contribution in [0.1, 0.15) is 35.2 Å². The molecule has 1 unspecified atom stereocenters. The van der Waals surface area contributed by atoms with E-state index in [9.17, 15) is 10.1 Å². The van der Waals surface area contributed by atoms with E-state index in [1.165, 1.54) is 22.8 Å². The van der Waals surface area contributed by atoms with Crippen molar-refractivity contribution in [3.8, 4) is 0 Å². The smallest absolute Gasteiger partial charge is 0.269 e. The normalized spacial score (nSPS) is 12.0. The number of hydrogen-bond donors (Lipinski definition) is 1. The maximum absolute atomic E-state index is 10.8. The number of hydrogen-bond acceptors (Lipinski definition) is 3. The predicted octanol–water partition coefficient (Wildman–Crippen LogP) is 4.69. The summed E-state index contributed by atoms with van der Waals surface area (Å²) in [4.78, 5) is 10.4. The van der Waals surface area contributed by atoms with Gasteiger partial charge in [-0.1, -0.05) is 23.8 Å². The molecule has 0 aromatic heterocycles. The molecule has 0 aliphatic rings. The van der Waals surface area contributed by atoms with Gasteiger partial charge in [-0.2, -0.15) is 0 Å². The topological polar surface area (TPSA) is 55.2 Å². The first-order chi connectivity index (χ1) is 9.88. The van der Waals surface area contributed by atoms with E-state index in [0.29, 0.717) is 0 Å². The van der Waals surface area contributed by atoms with E-state index in [2.05, 4.69) is 44.3 Å². The van der Waals surface area contributed by atoms with Crippen LogP contribution in [0, 0.1) is 30.9 Å². The third kappa shape index (κ3) is 3.40. The number of nitrogens with zero attached hydrogens (tertiary/aromatic N) is 1. The molecule has 4 heteroatoms. The van der Waals surface area contributed by atoms with Crippen molar-refractivity contribution in [2.24, 2.45) is 0 Å². The molecule has 21 heavy (non-hydrogen) atoms. The minimum atomic E-state index is -0.370. The van der Waals surface area contributed by atoms with Crippen molar-refractivity contribution >= 4 is 11.4 Å². The Labute approximate surface area is 125 Å². The second kappa shape index (κ2) is 5.95. The molecule has 0 spiro atoms. The Morgan fingerprint density at radius 1 is 1.05 bits per heavy atom. The van der Waals surface area contributed by atoms with Crippen LogP contribution in [-0.2, 0) is 0 Å². The lowest BCUT2D eigenvalue weighted by molar-refractivity contribution is -0.384. The maximum Gasteiger partial charge on any atom is 0.269 e. The quantitative estimate of drug-likeness (QED) is 0.654. The van der Waals surface area contributed by atoms with Crippen molar-refractivity contribution in [2.45, 2.75) is 33.7 Å². The van der Waals surface area contributed by atoms with Gasteiger partial charge < -0.3 is 5.32 Å². The Morgan fingerprint density at radius 2 is 1.76 bits per heavy atom. The fourth-order valence-corrected chi connectivity index (χ4v) is 2.46. The zero-order chi connectivity index (χ0) is 15.6. The van der Waals surface area contributed by atoms with Crippen LogP contribution in [0.15, 0.2) is 36.4 Å². The lowest BCUT2D eigenvalue weighted by Gasteiger charge is -2.19. The highest BCUT2D eigenvalue weighted by atomic mass is 16.6. The first-order valence-electron chi connectivity index (χ1n) is 6.97. The van der Waals surface area contributed by atoms with E-state index in [4.69, 9.17) is 0 Å². The van der Waals surface area contributed by atoms with Gasteiger partial charge in [0.25, 0.3) is 5.69 Å². The van der Waals surface area contributed by atoms with E-state index in [0.717, 1.165) is 11.3 Å². The van der Waals surface area contributed by atoms with Gasteiger partial charge in [-0.3, -0.25) is 10.1 Å². The van der Waals surface area contributed by atoms with Crippen LogP contribution in [0.5, 0.6) is 0 Å². The molecule has 4 nitrogen and oxygen atoms in total. The summed E-state index contributed by atoms with van der Waals surface area (Å²) in [5.41, 5.74) is 5.63. The monoisotopic (exact) mass is 284 g/mol. The lowest BCUT2D eigenvalue weighted by atomic mass is 9.99. The van der Waals surface area contributed by atoms with Crippen molar-refractivity contribution < 1.29 is 4.92 Å². The van der Waals surface area contributed by atoms with Crippen LogP contribution in [0.4, 0.5) is 11.4 Å². The second-order valence-electron chi connectivity index (χ2n) is 5.48. The minimum absolute atomic E-state index is 0.123. The molecule has 2 aromatic rings. The van der Waals surface area contributed by atoms with Gasteiger partial charge in [-0.25, -0.2) is 0 Å². The van der Waals surface area contributed by atoms with Crippen molar-refractivity contribution in [1.82, 2.24) is 0 Å². The number of anilines is 1. The van der Waals surface area contributed by atoms with E-state index >= 15 is 0 Å². The minimum Gasteiger partial charge on any atom is -0.378 e. The zero-order valence-electron chi connectivity index (χ0n) is 12.8. The van der Waals surface area contributed by atoms with Gasteiger partial charge >= 0.3 is 0 Å². The van der Waals surface area contributed by atoms with Gasteiger partial charge in [0.2, 0.25) is 0 Å². The molecule has 0 aliphatic carbocycles. The molecule has 1 N–H and O–H groups in total. The number of benzene rings is 2. The third-order valence-corrected chi connectivity index (χ3v) is 3.69. The van der Waals surface area contributed by atoms with Crippen LogP contribution in [0.3, 0.4) is 0 Å². The summed E-state index contributed by atoms with van der Waals surface area (Å²) in [7, 11) is 0. The van der Waals surface area contributed by atoms with Gasteiger partial charge in [0.1, 0.15) is 0 Å². The molecule has 0 heterocycles. The molecule has 0 radical (unpaired) electrons. The van der Waals surface area contributed by atoms with E-state index in [-0.39, 0.29) is 16.7 Å². The molecule has 0 aliphatic heterocycles. The van der Waals surface area contributed by atoms with E-state index < -0.39 is 0 Å². The van der Waals surface area contributed by atoms with Gasteiger partial charge in [-0.15, -0.1) is 0 Å². The van der Waals surface area contributed by atoms with Crippen LogP contribution < -0.4 is 5.32 Å². The summed E-state index contributed by atoms with van der Waals surface area (Å²) in [6.07, 6.45) is 0. The Bertz CT molecular complexity index is 680. The average molecular weight is 284 g/mol. The molecule has 0 bridgehead atoms. The molecule has 0 amide bonds. The summed E-state index contributed by atoms with van der Waals surface area (Å²) < 4.78 is 0. The van der Waals surface area contributed by atoms with Crippen molar-refractivity contribution in [2.75, 3.05) is 5.32 Å². The molecule has 0 saturated heterocycles. The number of rotatable bonds is 4. The van der Waals surface area contributed by atoms with E-state index in [1.54, 1.807) is 12.1 Å². The Kier molecular flexibility index (Phi) is 4.26. The molecular formula is C17H20N2O2. The Hall–Kier alpha value is -2.36. The Balaban J connectivity index is 2.25. The summed E-state index contributed by atoms with van der Waals surface area (Å²) in [6, 6.07) is 11.4. The number of aryl methyl sites for hydroxylation is 3. The number of nitro benzene ring substituents is 1. The summed E-state index contributed by atoms with van der Waals surface area (Å²) in [6.45, 7) is 8.15. The third-order valence-electron chi connectivity index (χ3n) is 3.69. The second-order valence-corrected chi connectivity index (χ2v) is 5.48. The first kappa shape index (κ1) is 15.0. The summed E-state index contributed by atoms with van der Waals surface area (Å²) in [5, 5.41) is 14.2. The molecule has 110 valence electrons. The van der Waals surface area contributed by atoms with E-state index in [1.807, 2.05) is 6.92 Å². The maximum atomic E-state index is 10.8. The first-order valence-corrected chi connectivity index (χ1v) is 6.97. The molecule has 0 fully saturated rings. The average Bonchev–Trinajstić information content (AvgIpc) is 2.43. The van der Waals surface area contributed by atoms with Crippen molar-refractivity contribution in [3.63, 3.8) is 0 Å². The van der Waals surface area contributed by atoms with Gasteiger partial charge in [0, 0.05) is 23.9 Å². The van der Waals surface area contributed by atoms with Crippen LogP contribution in [0.25, 0.3) is 0 Å². The van der Waals surface area contributed by atoms with Gasteiger partial charge in [0.15, 0.2) is 0 Å². The van der Waals surface area contributed by atoms with Crippen molar-refractivity contribution in [3.05, 3.63) is 68.8 Å². The highest BCUT2D eigenvalue weighted by Crippen LogP contribution is 2.27. The highest BCUT2D eigenvalue weighted by molar-refractivity contribution is 5.56. The van der Waals surface area contributed by atoms with Crippen molar-refractivity contribution in [1.29, 1.82) is 0 Å². The molecule has 1 atom stereocenters. The van der Waals surface area contributed by atoms with Crippen LogP contribution in [-0.4, -0.2) is 4.92 Å². The molecule has 0 saturated carbocycles. The summed E-state index contributed by atoms with van der Waals surface area (Å²) >= 11 is 0. The van der Waals surface area contributed by atoms with Gasteiger partial charge in [-0.05, 0) is 50.5 Å². The lowest BCUT2D eigenvalue weighted by Crippen LogP contribution is -2.09. The standard InChI is InChI=1S/C17H20N2O2/c1-11-5-6-12(2)16(9-11)14(4)18-17-8-7-15(19(20)21)10-13(17)3/h5-10,14,18H,1-4H3. The number of non-ortho nitro benzene ring substituents is 1. The number of nitro groups is 1. The fraction of sp³-hybridized carbons (Fsp3) is 0.294. The van der Waals surface area contributed by atoms with Crippen LogP contribution >= 0.6 is 0 Å². The predicted molar refractivity (Wildman–Crippen MR) is 85.8 cm³/mol. The SMILES string of the molecule is Cc1ccc(C)c(C(C)Nc2ccc([N+](=O)[O-])cc2C)c1. The summed E-state index contributed by atoms with van der Waals surface area (Å²) in [5.74, 6) is 0. The largest absolute Gasteiger partial charge is 0.378 e. The van der Waals surface area contributed by atoms with Crippen LogP contribution in [0.2, 0.25) is 0 Å². The van der Waals surface area contributed by atoms with Gasteiger partial charge in [0.05, 0.1) is 4.92 Å². The zero-order valence-corrected chi connectivity index (χ0v) is 12.8. The Morgan fingerprint density at radius 3 is 2.38 bits per heavy atom. The fourth-order valence-electron chi connectivity index (χ4n) is 2.46. The molecule has 2 rings (SSSR count). The molecular weight excluding hydrogens is 264 g/mol. The highest BCUT2D eigenvalue weighted by Gasteiger charge is 2.12.